The summed E-state index contributed by atoms with van der Waals surface area (Å²) in [4.78, 5) is 21.9. The molecule has 9 heteroatoms. The van der Waals surface area contributed by atoms with Gasteiger partial charge in [0.15, 0.2) is 0 Å². The van der Waals surface area contributed by atoms with Crippen LogP contribution < -0.4 is 0 Å². The van der Waals surface area contributed by atoms with Crippen LogP contribution in [0.4, 0.5) is 0 Å². The number of β-amino-alcohol motifs (C(OH)–C–C–N with tert-alkyl or cyclic N) is 1. The molecule has 178 valence electrons. The molecule has 5 heterocycles. The maximum atomic E-state index is 9.36. The van der Waals surface area contributed by atoms with Crippen molar-refractivity contribution < 1.29 is 9.84 Å². The van der Waals surface area contributed by atoms with Gasteiger partial charge in [-0.3, -0.25) is 14.7 Å². The molecule has 8 nitrogen and oxygen atoms in total. The summed E-state index contributed by atoms with van der Waals surface area (Å²) in [6.07, 6.45) is 5.75. The number of H-pyrrole nitrogens is 1. The summed E-state index contributed by atoms with van der Waals surface area (Å²) >= 11 is 1.77. The van der Waals surface area contributed by atoms with Crippen molar-refractivity contribution in [2.45, 2.75) is 12.3 Å². The third-order valence-electron chi connectivity index (χ3n) is 7.06. The van der Waals surface area contributed by atoms with Crippen molar-refractivity contribution in [2.75, 3.05) is 59.0 Å². The number of thiophene rings is 1. The number of fused-ring (bicyclic) bond motifs is 2. The Labute approximate surface area is 202 Å². The number of rotatable bonds is 6. The van der Waals surface area contributed by atoms with Crippen LogP contribution in [0.2, 0.25) is 0 Å². The molecule has 0 aliphatic carbocycles. The molecule has 0 radical (unpaired) electrons. The maximum absolute atomic E-state index is 9.36. The number of piperazine rings is 1. The van der Waals surface area contributed by atoms with E-state index in [0.717, 1.165) is 61.5 Å². The fourth-order valence-electron chi connectivity index (χ4n) is 5.37. The molecule has 2 aliphatic heterocycles. The summed E-state index contributed by atoms with van der Waals surface area (Å²) in [6.45, 7) is 7.28. The van der Waals surface area contributed by atoms with E-state index < -0.39 is 0 Å². The second-order valence-corrected chi connectivity index (χ2v) is 10.1. The molecule has 6 rings (SSSR count). The van der Waals surface area contributed by atoms with Gasteiger partial charge >= 0.3 is 0 Å². The van der Waals surface area contributed by atoms with Gasteiger partial charge in [-0.1, -0.05) is 12.1 Å². The van der Waals surface area contributed by atoms with Gasteiger partial charge in [-0.25, -0.2) is 9.97 Å². The lowest BCUT2D eigenvalue weighted by molar-refractivity contribution is -0.0840. The van der Waals surface area contributed by atoms with Gasteiger partial charge in [-0.05, 0) is 23.8 Å². The molecule has 2 fully saturated rings. The average Bonchev–Trinajstić information content (AvgIpc) is 3.52. The van der Waals surface area contributed by atoms with Crippen LogP contribution in [0.15, 0.2) is 49.1 Å². The van der Waals surface area contributed by atoms with E-state index in [0.29, 0.717) is 6.61 Å². The van der Waals surface area contributed by atoms with E-state index in [4.69, 9.17) is 4.74 Å². The van der Waals surface area contributed by atoms with Crippen molar-refractivity contribution in [1.82, 2.24) is 29.7 Å². The van der Waals surface area contributed by atoms with Crippen molar-refractivity contribution in [1.29, 1.82) is 0 Å². The number of nitrogens with zero attached hydrogens (tertiary/aromatic N) is 5. The highest BCUT2D eigenvalue weighted by atomic mass is 32.1. The number of aromatic nitrogens is 3. The van der Waals surface area contributed by atoms with Crippen molar-refractivity contribution in [3.8, 4) is 0 Å². The largest absolute Gasteiger partial charge is 0.395 e. The molecule has 2 N–H and O–H groups in total. The number of benzene rings is 1. The van der Waals surface area contributed by atoms with E-state index in [2.05, 4.69) is 60.0 Å². The molecule has 34 heavy (non-hydrogen) atoms. The molecule has 2 saturated heterocycles. The maximum Gasteiger partial charge on any atom is 0.127 e. The molecular formula is C25H30N6O2S. The van der Waals surface area contributed by atoms with Crippen LogP contribution in [0, 0.1) is 0 Å². The summed E-state index contributed by atoms with van der Waals surface area (Å²) in [5.74, 6) is 0. The van der Waals surface area contributed by atoms with Gasteiger partial charge in [-0.15, -0.1) is 11.3 Å². The first-order valence-electron chi connectivity index (χ1n) is 12.0. The second-order valence-electron chi connectivity index (χ2n) is 9.05. The van der Waals surface area contributed by atoms with Crippen molar-refractivity contribution >= 4 is 32.5 Å². The Morgan fingerprint density at radius 2 is 2.06 bits per heavy atom. The molecule has 2 atom stereocenters. The highest BCUT2D eigenvalue weighted by Crippen LogP contribution is 2.38. The number of aliphatic hydroxyl groups is 1. The summed E-state index contributed by atoms with van der Waals surface area (Å²) in [5.41, 5.74) is 2.40. The topological polar surface area (TPSA) is 80.8 Å². The molecule has 1 aromatic carbocycles. The van der Waals surface area contributed by atoms with E-state index >= 15 is 0 Å². The Balaban J connectivity index is 1.31. The van der Waals surface area contributed by atoms with Gasteiger partial charge in [0.05, 0.1) is 25.5 Å². The van der Waals surface area contributed by atoms with E-state index in [1.54, 1.807) is 17.7 Å². The van der Waals surface area contributed by atoms with Crippen LogP contribution in [0.25, 0.3) is 21.1 Å². The first-order chi connectivity index (χ1) is 16.8. The minimum Gasteiger partial charge on any atom is -0.395 e. The predicted octanol–water partition coefficient (Wildman–Crippen LogP) is 2.85. The predicted molar refractivity (Wildman–Crippen MR) is 134 cm³/mol. The Hall–Kier alpha value is -2.40. The number of ether oxygens (including phenoxy) is 1. The summed E-state index contributed by atoms with van der Waals surface area (Å²) in [6, 6.07) is 10.8. The van der Waals surface area contributed by atoms with Crippen LogP contribution in [0.1, 0.15) is 22.7 Å². The van der Waals surface area contributed by atoms with Crippen LogP contribution in [0.5, 0.6) is 0 Å². The lowest BCUT2D eigenvalue weighted by Gasteiger charge is -2.46. The quantitative estimate of drug-likeness (QED) is 0.441. The zero-order valence-corrected chi connectivity index (χ0v) is 20.0. The number of aromatic amines is 1. The summed E-state index contributed by atoms with van der Waals surface area (Å²) < 4.78 is 6.32. The van der Waals surface area contributed by atoms with E-state index in [9.17, 15) is 5.11 Å². The van der Waals surface area contributed by atoms with Crippen molar-refractivity contribution in [3.05, 3.63) is 59.5 Å². The monoisotopic (exact) mass is 478 g/mol. The molecule has 4 aromatic rings. The lowest BCUT2D eigenvalue weighted by atomic mass is 10.0. The molecule has 3 aromatic heterocycles. The van der Waals surface area contributed by atoms with Gasteiger partial charge in [0.1, 0.15) is 11.2 Å². The first kappa shape index (κ1) is 22.1. The van der Waals surface area contributed by atoms with Crippen molar-refractivity contribution in [2.24, 2.45) is 0 Å². The highest BCUT2D eigenvalue weighted by molar-refractivity contribution is 7.18. The van der Waals surface area contributed by atoms with E-state index in [1.807, 2.05) is 12.4 Å². The normalized spacial score (nSPS) is 22.0. The number of hydrogen-bond donors (Lipinski definition) is 2. The van der Waals surface area contributed by atoms with E-state index in [1.165, 1.54) is 15.8 Å². The zero-order valence-electron chi connectivity index (χ0n) is 19.1. The van der Waals surface area contributed by atoms with Crippen LogP contribution in [-0.2, 0) is 4.74 Å². The van der Waals surface area contributed by atoms with Crippen LogP contribution in [0.3, 0.4) is 0 Å². The van der Waals surface area contributed by atoms with E-state index in [-0.39, 0.29) is 18.9 Å². The van der Waals surface area contributed by atoms with Crippen LogP contribution >= 0.6 is 11.3 Å². The molecular weight excluding hydrogens is 448 g/mol. The van der Waals surface area contributed by atoms with Gasteiger partial charge in [0.2, 0.25) is 0 Å². The Morgan fingerprint density at radius 1 is 1.15 bits per heavy atom. The Morgan fingerprint density at radius 3 is 2.91 bits per heavy atom. The number of morpholine rings is 1. The minimum atomic E-state index is 0.0283. The Kier molecular flexibility index (Phi) is 6.30. The molecule has 2 unspecified atom stereocenters. The standard InChI is InChI=1S/C25H30N6O2S/c32-12-10-29-6-8-30(9-7-29)25(23-14-18-15-26-17-28-24(18)34-23)31-11-13-33-22(16-31)20-2-1-3-21-19(20)4-5-27-21/h1-5,14-15,17,22,25,27,32H,6-13,16H2. The lowest BCUT2D eigenvalue weighted by Crippen LogP contribution is -2.54. The Bertz CT molecular complexity index is 1220. The highest BCUT2D eigenvalue weighted by Gasteiger charge is 2.35. The average molecular weight is 479 g/mol. The number of nitrogens with one attached hydrogen (secondary N) is 1. The van der Waals surface area contributed by atoms with Gasteiger partial charge in [0.25, 0.3) is 0 Å². The third kappa shape index (κ3) is 4.24. The molecule has 2 aliphatic rings. The number of hydrogen-bond acceptors (Lipinski definition) is 8. The van der Waals surface area contributed by atoms with Gasteiger partial charge < -0.3 is 14.8 Å². The first-order valence-corrected chi connectivity index (χ1v) is 12.8. The molecule has 0 spiro atoms. The SMILES string of the molecule is OCCN1CCN(C(c2cc3cncnc3s2)N2CCOC(c3cccc4[nH]ccc34)C2)CC1. The number of aliphatic hydroxyl groups excluding tert-OH is 1. The summed E-state index contributed by atoms with van der Waals surface area (Å²) in [5, 5.41) is 11.7. The minimum absolute atomic E-state index is 0.0283. The fraction of sp³-hybridized carbons (Fsp3) is 0.440. The molecule has 0 bridgehead atoms. The van der Waals surface area contributed by atoms with Gasteiger partial charge in [-0.2, -0.15) is 0 Å². The second kappa shape index (κ2) is 9.69. The molecule has 0 amide bonds. The van der Waals surface area contributed by atoms with Crippen molar-refractivity contribution in [3.63, 3.8) is 0 Å². The van der Waals surface area contributed by atoms with Crippen LogP contribution in [-0.4, -0.2) is 93.8 Å². The third-order valence-corrected chi connectivity index (χ3v) is 8.16. The van der Waals surface area contributed by atoms with Gasteiger partial charge in [0, 0.05) is 79.4 Å². The smallest absolute Gasteiger partial charge is 0.127 e. The summed E-state index contributed by atoms with van der Waals surface area (Å²) in [7, 11) is 0. The zero-order chi connectivity index (χ0) is 22.9. The fourth-order valence-corrected chi connectivity index (χ4v) is 6.51. The molecule has 0 saturated carbocycles.